The lowest BCUT2D eigenvalue weighted by molar-refractivity contribution is -0.137. The van der Waals surface area contributed by atoms with Crippen LogP contribution < -0.4 is 5.32 Å². The minimum atomic E-state index is -0.675. The Morgan fingerprint density at radius 2 is 2.07 bits per heavy atom. The highest BCUT2D eigenvalue weighted by Gasteiger charge is 2.33. The van der Waals surface area contributed by atoms with Crippen LogP contribution in [-0.4, -0.2) is 58.9 Å². The summed E-state index contributed by atoms with van der Waals surface area (Å²) in [7, 11) is 0. The largest absolute Gasteiger partial charge is 0.390 e. The maximum absolute atomic E-state index is 11.6. The van der Waals surface area contributed by atoms with E-state index >= 15 is 0 Å². The predicted octanol–water partition coefficient (Wildman–Crippen LogP) is -1.31. The summed E-state index contributed by atoms with van der Waals surface area (Å²) in [5.74, 6) is 0.106. The highest BCUT2D eigenvalue weighted by atomic mass is 16.3. The molecule has 86 valence electrons. The number of hydrogen-bond acceptors (Lipinski definition) is 4. The number of nitrogens with one attached hydrogen (secondary N) is 1. The Labute approximate surface area is 89.1 Å². The number of carbonyl (C=O) groups excluding carboxylic acids is 1. The highest BCUT2D eigenvalue weighted by Crippen LogP contribution is 2.24. The van der Waals surface area contributed by atoms with Crippen LogP contribution in [0.2, 0.25) is 0 Å². The second-order valence-electron chi connectivity index (χ2n) is 4.37. The average Bonchev–Trinajstić information content (AvgIpc) is 2.23. The molecule has 3 N–H and O–H groups in total. The number of rotatable bonds is 1. The Morgan fingerprint density at radius 1 is 1.27 bits per heavy atom. The SMILES string of the molecule is O=C1CNCCN1C1CC[C@@H](O)[C@@H](O)C1. The van der Waals surface area contributed by atoms with Crippen LogP contribution in [0.4, 0.5) is 0 Å². The number of aliphatic hydroxyl groups excluding tert-OH is 2. The zero-order valence-electron chi connectivity index (χ0n) is 8.72. The van der Waals surface area contributed by atoms with E-state index in [1.807, 2.05) is 4.90 Å². The van der Waals surface area contributed by atoms with Gasteiger partial charge in [0.15, 0.2) is 0 Å². The van der Waals surface area contributed by atoms with Gasteiger partial charge in [0.1, 0.15) is 0 Å². The van der Waals surface area contributed by atoms with Gasteiger partial charge in [0, 0.05) is 19.1 Å². The number of carbonyl (C=O) groups is 1. The first-order valence-corrected chi connectivity index (χ1v) is 5.55. The van der Waals surface area contributed by atoms with Crippen molar-refractivity contribution in [2.75, 3.05) is 19.6 Å². The molecule has 1 unspecified atom stereocenters. The summed E-state index contributed by atoms with van der Waals surface area (Å²) in [4.78, 5) is 13.4. The number of piperazine rings is 1. The van der Waals surface area contributed by atoms with Gasteiger partial charge in [-0.2, -0.15) is 0 Å². The molecule has 0 radical (unpaired) electrons. The van der Waals surface area contributed by atoms with E-state index in [1.54, 1.807) is 0 Å². The van der Waals surface area contributed by atoms with E-state index in [1.165, 1.54) is 0 Å². The first kappa shape index (κ1) is 10.9. The first-order chi connectivity index (χ1) is 7.18. The first-order valence-electron chi connectivity index (χ1n) is 5.55. The number of nitrogens with zero attached hydrogens (tertiary/aromatic N) is 1. The zero-order chi connectivity index (χ0) is 10.8. The summed E-state index contributed by atoms with van der Waals surface area (Å²) in [6, 6.07) is 0.109. The Hall–Kier alpha value is -0.650. The standard InChI is InChI=1S/C10H18N2O3/c13-8-2-1-7(5-9(8)14)12-4-3-11-6-10(12)15/h7-9,11,13-14H,1-6H2/t7?,8-,9+/m1/s1. The summed E-state index contributed by atoms with van der Waals surface area (Å²) >= 11 is 0. The second-order valence-corrected chi connectivity index (χ2v) is 4.37. The van der Waals surface area contributed by atoms with Gasteiger partial charge in [-0.05, 0) is 19.3 Å². The minimum absolute atomic E-state index is 0.106. The smallest absolute Gasteiger partial charge is 0.236 e. The maximum atomic E-state index is 11.6. The second kappa shape index (κ2) is 4.47. The molecule has 0 bridgehead atoms. The van der Waals surface area contributed by atoms with Crippen LogP contribution in [0.5, 0.6) is 0 Å². The Kier molecular flexibility index (Phi) is 3.23. The summed E-state index contributed by atoms with van der Waals surface area (Å²) in [5, 5.41) is 22.0. The number of hydrogen-bond donors (Lipinski definition) is 3. The zero-order valence-corrected chi connectivity index (χ0v) is 8.72. The van der Waals surface area contributed by atoms with Gasteiger partial charge in [-0.3, -0.25) is 4.79 Å². The lowest BCUT2D eigenvalue weighted by atomic mass is 9.89. The van der Waals surface area contributed by atoms with Gasteiger partial charge in [-0.1, -0.05) is 0 Å². The molecule has 1 heterocycles. The molecule has 2 aliphatic rings. The molecule has 0 spiro atoms. The van der Waals surface area contributed by atoms with E-state index in [0.717, 1.165) is 13.0 Å². The molecule has 2 rings (SSSR count). The molecule has 1 saturated heterocycles. The number of amides is 1. The Balaban J connectivity index is 1.95. The van der Waals surface area contributed by atoms with E-state index in [-0.39, 0.29) is 11.9 Å². The summed E-state index contributed by atoms with van der Waals surface area (Å²) in [6.45, 7) is 1.93. The van der Waals surface area contributed by atoms with E-state index in [0.29, 0.717) is 25.9 Å². The average molecular weight is 214 g/mol. The molecule has 1 aliphatic heterocycles. The molecular weight excluding hydrogens is 196 g/mol. The van der Waals surface area contributed by atoms with Crippen LogP contribution in [-0.2, 0) is 4.79 Å². The van der Waals surface area contributed by atoms with Crippen LogP contribution in [0.15, 0.2) is 0 Å². The molecule has 3 atom stereocenters. The fraction of sp³-hybridized carbons (Fsp3) is 0.900. The lowest BCUT2D eigenvalue weighted by Gasteiger charge is -2.39. The van der Waals surface area contributed by atoms with Crippen LogP contribution in [0.25, 0.3) is 0 Å². The van der Waals surface area contributed by atoms with Gasteiger partial charge in [0.05, 0.1) is 18.8 Å². The molecule has 1 aliphatic carbocycles. The van der Waals surface area contributed by atoms with E-state index < -0.39 is 12.2 Å². The van der Waals surface area contributed by atoms with E-state index in [9.17, 15) is 15.0 Å². The van der Waals surface area contributed by atoms with Gasteiger partial charge >= 0.3 is 0 Å². The molecule has 0 aromatic rings. The molecule has 1 saturated carbocycles. The number of aliphatic hydroxyl groups is 2. The molecule has 5 heteroatoms. The fourth-order valence-electron chi connectivity index (χ4n) is 2.40. The highest BCUT2D eigenvalue weighted by molar-refractivity contribution is 5.79. The minimum Gasteiger partial charge on any atom is -0.390 e. The Morgan fingerprint density at radius 3 is 2.73 bits per heavy atom. The van der Waals surface area contributed by atoms with Crippen LogP contribution in [0.3, 0.4) is 0 Å². The van der Waals surface area contributed by atoms with Crippen molar-refractivity contribution in [2.45, 2.75) is 37.5 Å². The normalized spacial score (nSPS) is 38.1. The third-order valence-corrected chi connectivity index (χ3v) is 3.32. The third kappa shape index (κ3) is 2.30. The molecule has 5 nitrogen and oxygen atoms in total. The molecular formula is C10H18N2O3. The van der Waals surface area contributed by atoms with Crippen LogP contribution in [0, 0.1) is 0 Å². The summed E-state index contributed by atoms with van der Waals surface area (Å²) in [5.41, 5.74) is 0. The molecule has 1 amide bonds. The van der Waals surface area contributed by atoms with E-state index in [4.69, 9.17) is 0 Å². The van der Waals surface area contributed by atoms with Crippen molar-refractivity contribution in [3.8, 4) is 0 Å². The summed E-state index contributed by atoms with van der Waals surface area (Å²) in [6.07, 6.45) is 0.602. The molecule has 2 fully saturated rings. The summed E-state index contributed by atoms with van der Waals surface area (Å²) < 4.78 is 0. The fourth-order valence-corrected chi connectivity index (χ4v) is 2.40. The van der Waals surface area contributed by atoms with Gasteiger partial charge in [0.25, 0.3) is 0 Å². The third-order valence-electron chi connectivity index (χ3n) is 3.32. The van der Waals surface area contributed by atoms with Gasteiger partial charge < -0.3 is 20.4 Å². The Bertz CT molecular complexity index is 247. The quantitative estimate of drug-likeness (QED) is 0.507. The van der Waals surface area contributed by atoms with Crippen molar-refractivity contribution < 1.29 is 15.0 Å². The van der Waals surface area contributed by atoms with Gasteiger partial charge in [-0.15, -0.1) is 0 Å². The lowest BCUT2D eigenvalue weighted by Crippen LogP contribution is -2.55. The van der Waals surface area contributed by atoms with Gasteiger partial charge in [0.2, 0.25) is 5.91 Å². The van der Waals surface area contributed by atoms with Crippen LogP contribution >= 0.6 is 0 Å². The van der Waals surface area contributed by atoms with Crippen molar-refractivity contribution in [2.24, 2.45) is 0 Å². The van der Waals surface area contributed by atoms with Crippen molar-refractivity contribution in [1.29, 1.82) is 0 Å². The molecule has 0 aromatic carbocycles. The van der Waals surface area contributed by atoms with Crippen molar-refractivity contribution in [1.82, 2.24) is 10.2 Å². The topological polar surface area (TPSA) is 72.8 Å². The van der Waals surface area contributed by atoms with Gasteiger partial charge in [-0.25, -0.2) is 0 Å². The van der Waals surface area contributed by atoms with Crippen LogP contribution in [0.1, 0.15) is 19.3 Å². The predicted molar refractivity (Wildman–Crippen MR) is 54.2 cm³/mol. The van der Waals surface area contributed by atoms with Crippen molar-refractivity contribution >= 4 is 5.91 Å². The van der Waals surface area contributed by atoms with Crippen molar-refractivity contribution in [3.05, 3.63) is 0 Å². The molecule has 0 aromatic heterocycles. The van der Waals surface area contributed by atoms with Crippen molar-refractivity contribution in [3.63, 3.8) is 0 Å². The van der Waals surface area contributed by atoms with E-state index in [2.05, 4.69) is 5.32 Å². The maximum Gasteiger partial charge on any atom is 0.236 e. The monoisotopic (exact) mass is 214 g/mol. The molecule has 15 heavy (non-hydrogen) atoms.